The quantitative estimate of drug-likeness (QED) is 0.702. The number of methoxy groups -OCH3 is 1. The largest absolute Gasteiger partial charge is 0.508 e. The number of allylic oxidation sites excluding steroid dienone is 1. The first-order valence-corrected chi connectivity index (χ1v) is 7.62. The van der Waals surface area contributed by atoms with Crippen molar-refractivity contribution in [2.45, 2.75) is 0 Å². The van der Waals surface area contributed by atoms with Crippen LogP contribution in [0.5, 0.6) is 23.0 Å². The van der Waals surface area contributed by atoms with Crippen LogP contribution < -0.4 is 9.47 Å². The molecule has 0 saturated heterocycles. The third-order valence-corrected chi connectivity index (χ3v) is 4.24. The van der Waals surface area contributed by atoms with Crippen LogP contribution in [-0.4, -0.2) is 27.7 Å². The van der Waals surface area contributed by atoms with Gasteiger partial charge >= 0.3 is 0 Å². The molecular weight excluding hydrogens is 322 g/mol. The Bertz CT molecular complexity index is 1060. The smallest absolute Gasteiger partial charge is 0.235 e. The lowest BCUT2D eigenvalue weighted by Gasteiger charge is -2.03. The number of Topliss-reactive ketones (excluding diaryl/α,β-unsaturated/α-hetero) is 1. The van der Waals surface area contributed by atoms with Gasteiger partial charge in [0.2, 0.25) is 5.78 Å². The molecular formula is C19H15NO5. The number of ketones is 1. The molecule has 2 heterocycles. The van der Waals surface area contributed by atoms with E-state index in [4.69, 9.17) is 9.47 Å². The Morgan fingerprint density at radius 2 is 2.04 bits per heavy atom. The number of carbonyl (C=O) groups is 1. The van der Waals surface area contributed by atoms with E-state index in [0.717, 1.165) is 28.3 Å². The molecule has 2 N–H and O–H groups in total. The number of aryl methyl sites for hydroxylation is 1. The second kappa shape index (κ2) is 5.31. The van der Waals surface area contributed by atoms with Crippen molar-refractivity contribution in [3.05, 3.63) is 53.4 Å². The van der Waals surface area contributed by atoms with Crippen molar-refractivity contribution in [3.63, 3.8) is 0 Å². The standard InChI is InChI=1S/C19H15NO5/c1-20-9-10(12-4-3-5-14(24-2)18(12)20)6-16-19(23)17-13(22)7-11(21)8-15(17)25-16/h3-9,21-22H,1-2H3/b16-6+. The van der Waals surface area contributed by atoms with Gasteiger partial charge in [0.25, 0.3) is 0 Å². The zero-order valence-corrected chi connectivity index (χ0v) is 13.6. The molecule has 1 aromatic heterocycles. The molecule has 6 nitrogen and oxygen atoms in total. The molecule has 2 aromatic carbocycles. The zero-order chi connectivity index (χ0) is 17.7. The van der Waals surface area contributed by atoms with Crippen molar-refractivity contribution in [3.8, 4) is 23.0 Å². The number of nitrogens with zero attached hydrogens (tertiary/aromatic N) is 1. The molecule has 25 heavy (non-hydrogen) atoms. The number of rotatable bonds is 2. The van der Waals surface area contributed by atoms with Gasteiger partial charge in [-0.2, -0.15) is 0 Å². The molecule has 0 amide bonds. The summed E-state index contributed by atoms with van der Waals surface area (Å²) < 4.78 is 12.9. The van der Waals surface area contributed by atoms with Crippen molar-refractivity contribution < 1.29 is 24.5 Å². The van der Waals surface area contributed by atoms with Gasteiger partial charge in [-0.15, -0.1) is 0 Å². The van der Waals surface area contributed by atoms with Crippen molar-refractivity contribution in [2.75, 3.05) is 7.11 Å². The molecule has 126 valence electrons. The van der Waals surface area contributed by atoms with E-state index in [2.05, 4.69) is 0 Å². The maximum absolute atomic E-state index is 12.5. The number of fused-ring (bicyclic) bond motifs is 2. The van der Waals surface area contributed by atoms with E-state index in [1.807, 2.05) is 36.0 Å². The van der Waals surface area contributed by atoms with Gasteiger partial charge in [-0.25, -0.2) is 0 Å². The molecule has 0 radical (unpaired) electrons. The lowest BCUT2D eigenvalue weighted by molar-refractivity contribution is 0.101. The van der Waals surface area contributed by atoms with Gasteiger partial charge in [-0.1, -0.05) is 12.1 Å². The molecule has 0 spiro atoms. The SMILES string of the molecule is COc1cccc2c(/C=C3/Oc4cc(O)cc(O)c4C3=O)cn(C)c12. The number of hydrogen-bond acceptors (Lipinski definition) is 5. The number of benzene rings is 2. The van der Waals surface area contributed by atoms with Crippen molar-refractivity contribution in [1.82, 2.24) is 4.57 Å². The van der Waals surface area contributed by atoms with Gasteiger partial charge in [0.1, 0.15) is 28.6 Å². The summed E-state index contributed by atoms with van der Waals surface area (Å²) in [7, 11) is 3.50. The zero-order valence-electron chi connectivity index (χ0n) is 13.6. The van der Waals surface area contributed by atoms with E-state index in [0.29, 0.717) is 0 Å². The van der Waals surface area contributed by atoms with Crippen LogP contribution in [0.4, 0.5) is 0 Å². The van der Waals surface area contributed by atoms with E-state index in [1.54, 1.807) is 13.2 Å². The first-order chi connectivity index (χ1) is 12.0. The maximum atomic E-state index is 12.5. The van der Waals surface area contributed by atoms with Crippen LogP contribution in [0.1, 0.15) is 15.9 Å². The van der Waals surface area contributed by atoms with Crippen LogP contribution in [0.3, 0.4) is 0 Å². The molecule has 0 atom stereocenters. The van der Waals surface area contributed by atoms with Crippen molar-refractivity contribution in [1.29, 1.82) is 0 Å². The third kappa shape index (κ3) is 2.22. The fourth-order valence-corrected chi connectivity index (χ4v) is 3.16. The molecule has 0 fully saturated rings. The highest BCUT2D eigenvalue weighted by atomic mass is 16.5. The second-order valence-electron chi connectivity index (χ2n) is 5.83. The number of hydrogen-bond donors (Lipinski definition) is 2. The first-order valence-electron chi connectivity index (χ1n) is 7.62. The first kappa shape index (κ1) is 15.1. The van der Waals surface area contributed by atoms with Gasteiger partial charge in [-0.3, -0.25) is 4.79 Å². The van der Waals surface area contributed by atoms with Crippen LogP contribution in [0, 0.1) is 0 Å². The van der Waals surface area contributed by atoms with Gasteiger partial charge in [-0.05, 0) is 12.1 Å². The predicted molar refractivity (Wildman–Crippen MR) is 92.2 cm³/mol. The summed E-state index contributed by atoms with van der Waals surface area (Å²) in [5.41, 5.74) is 1.75. The highest BCUT2D eigenvalue weighted by Gasteiger charge is 2.31. The number of aromatic hydroxyl groups is 2. The van der Waals surface area contributed by atoms with Crippen molar-refractivity contribution in [2.24, 2.45) is 7.05 Å². The molecule has 3 aromatic rings. The summed E-state index contributed by atoms with van der Waals surface area (Å²) in [5, 5.41) is 20.4. The molecule has 0 bridgehead atoms. The van der Waals surface area contributed by atoms with Gasteiger partial charge in [0, 0.05) is 36.3 Å². The minimum atomic E-state index is -0.424. The average molecular weight is 337 g/mol. The van der Waals surface area contributed by atoms with E-state index in [-0.39, 0.29) is 28.6 Å². The Kier molecular flexibility index (Phi) is 3.21. The summed E-state index contributed by atoms with van der Waals surface area (Å²) in [6.07, 6.45) is 3.50. The summed E-state index contributed by atoms with van der Waals surface area (Å²) in [6, 6.07) is 8.10. The Morgan fingerprint density at radius 1 is 1.24 bits per heavy atom. The van der Waals surface area contributed by atoms with Crippen molar-refractivity contribution >= 4 is 22.8 Å². The van der Waals surface area contributed by atoms with Gasteiger partial charge in [0.05, 0.1) is 12.6 Å². The molecule has 6 heteroatoms. The summed E-state index contributed by atoms with van der Waals surface area (Å²) in [4.78, 5) is 12.5. The second-order valence-corrected chi connectivity index (χ2v) is 5.83. The van der Waals surface area contributed by atoms with Crippen LogP contribution in [0.15, 0.2) is 42.3 Å². The van der Waals surface area contributed by atoms with E-state index in [9.17, 15) is 15.0 Å². The molecule has 1 aliphatic rings. The molecule has 0 unspecified atom stereocenters. The van der Waals surface area contributed by atoms with Gasteiger partial charge in [0.15, 0.2) is 5.76 Å². The fourth-order valence-electron chi connectivity index (χ4n) is 3.16. The predicted octanol–water partition coefficient (Wildman–Crippen LogP) is 3.21. The maximum Gasteiger partial charge on any atom is 0.235 e. The number of aromatic nitrogens is 1. The van der Waals surface area contributed by atoms with E-state index >= 15 is 0 Å². The third-order valence-electron chi connectivity index (χ3n) is 4.24. The van der Waals surface area contributed by atoms with Gasteiger partial charge < -0.3 is 24.3 Å². The van der Waals surface area contributed by atoms with E-state index in [1.165, 1.54) is 6.07 Å². The lowest BCUT2D eigenvalue weighted by atomic mass is 10.1. The average Bonchev–Trinajstić information content (AvgIpc) is 3.05. The summed E-state index contributed by atoms with van der Waals surface area (Å²) >= 11 is 0. The number of phenols is 2. The number of carbonyl (C=O) groups excluding carboxylic acids is 1. The molecule has 4 rings (SSSR count). The van der Waals surface area contributed by atoms with E-state index < -0.39 is 5.78 Å². The van der Waals surface area contributed by atoms with Crippen LogP contribution >= 0.6 is 0 Å². The van der Waals surface area contributed by atoms with Crippen LogP contribution in [0.2, 0.25) is 0 Å². The molecule has 0 saturated carbocycles. The topological polar surface area (TPSA) is 80.9 Å². The summed E-state index contributed by atoms with van der Waals surface area (Å²) in [6.45, 7) is 0. The number of para-hydroxylation sites is 1. The number of ether oxygens (including phenoxy) is 2. The number of phenolic OH excluding ortho intramolecular Hbond substituents is 2. The monoisotopic (exact) mass is 337 g/mol. The van der Waals surface area contributed by atoms with Crippen LogP contribution in [-0.2, 0) is 7.05 Å². The highest BCUT2D eigenvalue weighted by molar-refractivity contribution is 6.16. The fraction of sp³-hybridized carbons (Fsp3) is 0.105. The molecule has 0 aliphatic carbocycles. The Balaban J connectivity index is 1.85. The Morgan fingerprint density at radius 3 is 2.80 bits per heavy atom. The Hall–Kier alpha value is -3.41. The highest BCUT2D eigenvalue weighted by Crippen LogP contribution is 2.41. The normalized spacial score (nSPS) is 14.8. The lowest BCUT2D eigenvalue weighted by Crippen LogP contribution is -1.98. The minimum absolute atomic E-state index is 0.0573. The minimum Gasteiger partial charge on any atom is -0.508 e. The Labute approximate surface area is 143 Å². The van der Waals surface area contributed by atoms with Crippen LogP contribution in [0.25, 0.3) is 17.0 Å². The summed E-state index contributed by atoms with van der Waals surface area (Å²) in [5.74, 6) is 0.0718. The molecule has 1 aliphatic heterocycles.